The van der Waals surface area contributed by atoms with Crippen molar-refractivity contribution in [2.24, 2.45) is 0 Å². The lowest BCUT2D eigenvalue weighted by Crippen LogP contribution is -2.36. The third kappa shape index (κ3) is 4.12. The molecule has 0 bridgehead atoms. The van der Waals surface area contributed by atoms with Gasteiger partial charge < -0.3 is 19.5 Å². The van der Waals surface area contributed by atoms with Gasteiger partial charge in [0.05, 0.1) is 25.4 Å². The van der Waals surface area contributed by atoms with Gasteiger partial charge in [0.15, 0.2) is 0 Å². The number of hydrogen-bond donors (Lipinski definition) is 1. The second-order valence-corrected chi connectivity index (χ2v) is 5.78. The first kappa shape index (κ1) is 15.6. The Labute approximate surface area is 125 Å². The van der Waals surface area contributed by atoms with Crippen LogP contribution < -0.4 is 10.1 Å². The highest BCUT2D eigenvalue weighted by molar-refractivity contribution is 7.99. The number of nitrogens with one attached hydrogen (secondary N) is 1. The molecular formula is C15H23NO3S. The predicted octanol–water partition coefficient (Wildman–Crippen LogP) is 2.10. The van der Waals surface area contributed by atoms with Crippen molar-refractivity contribution in [3.05, 3.63) is 29.8 Å². The Morgan fingerprint density at radius 1 is 1.40 bits per heavy atom. The molecule has 0 saturated carbocycles. The number of methoxy groups -OCH3 is 1. The Balaban J connectivity index is 2.11. The summed E-state index contributed by atoms with van der Waals surface area (Å²) in [5.41, 5.74) is 1.15. The maximum absolute atomic E-state index is 5.90. The van der Waals surface area contributed by atoms with Gasteiger partial charge in [0.25, 0.3) is 0 Å². The van der Waals surface area contributed by atoms with Gasteiger partial charge in [-0.2, -0.15) is 11.8 Å². The lowest BCUT2D eigenvalue weighted by Gasteiger charge is -2.31. The van der Waals surface area contributed by atoms with Crippen LogP contribution in [0.2, 0.25) is 0 Å². The van der Waals surface area contributed by atoms with Crippen LogP contribution in [-0.4, -0.2) is 51.6 Å². The molecule has 1 aliphatic rings. The van der Waals surface area contributed by atoms with Crippen molar-refractivity contribution in [3.8, 4) is 5.75 Å². The van der Waals surface area contributed by atoms with Crippen LogP contribution in [0.3, 0.4) is 0 Å². The van der Waals surface area contributed by atoms with Crippen LogP contribution in [0.15, 0.2) is 24.3 Å². The second kappa shape index (κ2) is 8.52. The van der Waals surface area contributed by atoms with E-state index in [9.17, 15) is 0 Å². The molecule has 2 rings (SSSR count). The molecule has 1 aromatic rings. The van der Waals surface area contributed by atoms with Gasteiger partial charge in [-0.15, -0.1) is 0 Å². The van der Waals surface area contributed by atoms with Crippen LogP contribution >= 0.6 is 11.8 Å². The van der Waals surface area contributed by atoms with E-state index in [-0.39, 0.29) is 12.1 Å². The van der Waals surface area contributed by atoms with Gasteiger partial charge in [-0.05, 0) is 13.1 Å². The average molecular weight is 297 g/mol. The lowest BCUT2D eigenvalue weighted by atomic mass is 10.0. The first-order valence-corrected chi connectivity index (χ1v) is 8.09. The number of likely N-dealkylation sites (N-methyl/N-ethyl adjacent to an activating group) is 1. The number of hydrogen-bond acceptors (Lipinski definition) is 5. The minimum Gasteiger partial charge on any atom is -0.491 e. The largest absolute Gasteiger partial charge is 0.491 e. The maximum Gasteiger partial charge on any atom is 0.124 e. The Hall–Kier alpha value is -0.750. The highest BCUT2D eigenvalue weighted by Gasteiger charge is 2.27. The molecule has 1 N–H and O–H groups in total. The molecule has 20 heavy (non-hydrogen) atoms. The molecule has 0 amide bonds. The second-order valence-electron chi connectivity index (χ2n) is 4.63. The van der Waals surface area contributed by atoms with Gasteiger partial charge >= 0.3 is 0 Å². The molecular weight excluding hydrogens is 274 g/mol. The molecule has 2 unspecified atom stereocenters. The molecule has 1 saturated heterocycles. The van der Waals surface area contributed by atoms with Crippen molar-refractivity contribution < 1.29 is 14.2 Å². The van der Waals surface area contributed by atoms with E-state index >= 15 is 0 Å². The van der Waals surface area contributed by atoms with Crippen LogP contribution in [-0.2, 0) is 9.47 Å². The van der Waals surface area contributed by atoms with Crippen molar-refractivity contribution in [1.82, 2.24) is 5.32 Å². The molecule has 1 aliphatic heterocycles. The Morgan fingerprint density at radius 2 is 2.25 bits per heavy atom. The van der Waals surface area contributed by atoms with E-state index in [1.165, 1.54) is 0 Å². The summed E-state index contributed by atoms with van der Waals surface area (Å²) in [6, 6.07) is 8.30. The lowest BCUT2D eigenvalue weighted by molar-refractivity contribution is 0.0477. The summed E-state index contributed by atoms with van der Waals surface area (Å²) in [6.07, 6.45) is 0.186. The molecule has 0 aromatic heterocycles. The molecule has 4 nitrogen and oxygen atoms in total. The summed E-state index contributed by atoms with van der Waals surface area (Å²) in [7, 11) is 3.65. The first-order valence-electron chi connectivity index (χ1n) is 6.94. The van der Waals surface area contributed by atoms with Gasteiger partial charge in [-0.1, -0.05) is 18.2 Å². The van der Waals surface area contributed by atoms with Gasteiger partial charge in [-0.3, -0.25) is 0 Å². The minimum atomic E-state index is 0.154. The quantitative estimate of drug-likeness (QED) is 0.781. The summed E-state index contributed by atoms with van der Waals surface area (Å²) >= 11 is 1.94. The zero-order valence-electron chi connectivity index (χ0n) is 12.1. The maximum atomic E-state index is 5.90. The van der Waals surface area contributed by atoms with Crippen molar-refractivity contribution in [2.45, 2.75) is 12.1 Å². The highest BCUT2D eigenvalue weighted by atomic mass is 32.2. The van der Waals surface area contributed by atoms with Crippen LogP contribution in [0.1, 0.15) is 11.6 Å². The van der Waals surface area contributed by atoms with Gasteiger partial charge in [0.1, 0.15) is 12.4 Å². The van der Waals surface area contributed by atoms with E-state index in [4.69, 9.17) is 14.2 Å². The minimum absolute atomic E-state index is 0.154. The normalized spacial score (nSPS) is 20.6. The zero-order chi connectivity index (χ0) is 14.2. The van der Waals surface area contributed by atoms with E-state index in [0.29, 0.717) is 13.2 Å². The third-order valence-corrected chi connectivity index (χ3v) is 4.34. The fourth-order valence-electron chi connectivity index (χ4n) is 2.34. The fraction of sp³-hybridized carbons (Fsp3) is 0.600. The zero-order valence-corrected chi connectivity index (χ0v) is 12.9. The number of thioether (sulfide) groups is 1. The van der Waals surface area contributed by atoms with E-state index in [2.05, 4.69) is 11.4 Å². The van der Waals surface area contributed by atoms with E-state index < -0.39 is 0 Å². The summed E-state index contributed by atoms with van der Waals surface area (Å²) in [4.78, 5) is 0. The summed E-state index contributed by atoms with van der Waals surface area (Å²) in [5, 5.41) is 3.37. The number of ether oxygens (including phenoxy) is 3. The molecule has 0 aliphatic carbocycles. The van der Waals surface area contributed by atoms with Crippen molar-refractivity contribution in [1.29, 1.82) is 0 Å². The molecule has 0 spiro atoms. The Bertz CT molecular complexity index is 396. The summed E-state index contributed by atoms with van der Waals surface area (Å²) in [6.45, 7) is 1.97. The predicted molar refractivity (Wildman–Crippen MR) is 82.7 cm³/mol. The van der Waals surface area contributed by atoms with E-state index in [0.717, 1.165) is 29.4 Å². The smallest absolute Gasteiger partial charge is 0.124 e. The highest BCUT2D eigenvalue weighted by Crippen LogP contribution is 2.31. The Morgan fingerprint density at radius 3 is 2.95 bits per heavy atom. The number of para-hydroxylation sites is 1. The fourth-order valence-corrected chi connectivity index (χ4v) is 3.25. The first-order chi connectivity index (χ1) is 9.86. The summed E-state index contributed by atoms with van der Waals surface area (Å²) in [5.74, 6) is 3.00. The number of benzene rings is 1. The van der Waals surface area contributed by atoms with Crippen LogP contribution in [0.25, 0.3) is 0 Å². The SMILES string of the molecule is CNC(c1ccccc1OCCOC)C1CSCCO1. The van der Waals surface area contributed by atoms with E-state index in [1.807, 2.05) is 37.0 Å². The summed E-state index contributed by atoms with van der Waals surface area (Å²) < 4.78 is 16.8. The van der Waals surface area contributed by atoms with Gasteiger partial charge in [-0.25, -0.2) is 0 Å². The van der Waals surface area contributed by atoms with Crippen molar-refractivity contribution in [3.63, 3.8) is 0 Å². The molecule has 2 atom stereocenters. The molecule has 0 radical (unpaired) electrons. The van der Waals surface area contributed by atoms with Crippen LogP contribution in [0.4, 0.5) is 0 Å². The standard InChI is InChI=1S/C15H23NO3S/c1-16-15(14-11-20-10-9-19-14)12-5-3-4-6-13(12)18-8-7-17-2/h3-6,14-16H,7-11H2,1-2H3. The van der Waals surface area contributed by atoms with Crippen LogP contribution in [0, 0.1) is 0 Å². The number of rotatable bonds is 7. The van der Waals surface area contributed by atoms with Crippen molar-refractivity contribution >= 4 is 11.8 Å². The van der Waals surface area contributed by atoms with Crippen molar-refractivity contribution in [2.75, 3.05) is 45.5 Å². The monoisotopic (exact) mass is 297 g/mol. The third-order valence-electron chi connectivity index (χ3n) is 3.32. The van der Waals surface area contributed by atoms with Crippen LogP contribution in [0.5, 0.6) is 5.75 Å². The van der Waals surface area contributed by atoms with E-state index in [1.54, 1.807) is 7.11 Å². The van der Waals surface area contributed by atoms with Gasteiger partial charge in [0, 0.05) is 24.2 Å². The van der Waals surface area contributed by atoms with Gasteiger partial charge in [0.2, 0.25) is 0 Å². The topological polar surface area (TPSA) is 39.7 Å². The molecule has 112 valence electrons. The molecule has 5 heteroatoms. The average Bonchev–Trinajstić information content (AvgIpc) is 2.51. The Kier molecular flexibility index (Phi) is 6.66. The molecule has 1 fully saturated rings. The molecule has 1 aromatic carbocycles. The molecule has 1 heterocycles.